The van der Waals surface area contributed by atoms with Crippen LogP contribution in [0.3, 0.4) is 0 Å². The van der Waals surface area contributed by atoms with Crippen molar-refractivity contribution in [3.8, 4) is 5.75 Å². The molecule has 0 aliphatic carbocycles. The molecule has 1 N–H and O–H groups in total. The normalized spacial score (nSPS) is 11.9. The first-order valence-electron chi connectivity index (χ1n) is 10.2. The number of ketones is 1. The van der Waals surface area contributed by atoms with Crippen LogP contribution in [0.4, 0.5) is 5.82 Å². The molecule has 0 saturated carbocycles. The maximum Gasteiger partial charge on any atom is 0.204 e. The summed E-state index contributed by atoms with van der Waals surface area (Å²) in [7, 11) is 1.67. The first kappa shape index (κ1) is 21.0. The van der Waals surface area contributed by atoms with Gasteiger partial charge in [-0.15, -0.1) is 10.2 Å². The molecule has 0 unspecified atom stereocenters. The first-order chi connectivity index (χ1) is 13.7. The van der Waals surface area contributed by atoms with Gasteiger partial charge >= 0.3 is 0 Å². The second-order valence-electron chi connectivity index (χ2n) is 8.59. The summed E-state index contributed by atoms with van der Waals surface area (Å²) < 4.78 is 7.48. The van der Waals surface area contributed by atoms with Crippen molar-refractivity contribution >= 4 is 28.3 Å². The molecule has 3 rings (SSSR count). The van der Waals surface area contributed by atoms with Crippen LogP contribution < -0.4 is 10.1 Å². The summed E-state index contributed by atoms with van der Waals surface area (Å²) in [4.78, 5) is 16.8. The number of hydrogen-bond acceptors (Lipinski definition) is 6. The predicted molar refractivity (Wildman–Crippen MR) is 116 cm³/mol. The number of fused-ring (bicyclic) bond motifs is 3. The Labute approximate surface area is 171 Å². The molecule has 1 aromatic carbocycles. The van der Waals surface area contributed by atoms with Crippen LogP contribution in [0.5, 0.6) is 5.75 Å². The largest absolute Gasteiger partial charge is 0.496 e. The van der Waals surface area contributed by atoms with Crippen LogP contribution in [0.2, 0.25) is 0 Å². The van der Waals surface area contributed by atoms with Crippen LogP contribution in [0, 0.1) is 19.3 Å². The molecule has 2 aromatic heterocycles. The van der Waals surface area contributed by atoms with E-state index in [0.717, 1.165) is 59.8 Å². The number of anilines is 1. The monoisotopic (exact) mass is 397 g/mol. The van der Waals surface area contributed by atoms with Gasteiger partial charge in [0.1, 0.15) is 17.4 Å². The highest BCUT2D eigenvalue weighted by Crippen LogP contribution is 2.28. The number of ether oxygens (including phenoxy) is 1. The van der Waals surface area contributed by atoms with Crippen LogP contribution in [-0.2, 0) is 4.79 Å². The van der Waals surface area contributed by atoms with Crippen LogP contribution >= 0.6 is 0 Å². The van der Waals surface area contributed by atoms with Gasteiger partial charge < -0.3 is 10.1 Å². The molecule has 156 valence electrons. The second kappa shape index (κ2) is 8.35. The number of nitrogens with zero attached hydrogens (tertiary/aromatic N) is 4. The van der Waals surface area contributed by atoms with E-state index in [4.69, 9.17) is 9.72 Å². The lowest BCUT2D eigenvalue weighted by atomic mass is 9.88. The Morgan fingerprint density at radius 2 is 1.90 bits per heavy atom. The lowest BCUT2D eigenvalue weighted by molar-refractivity contribution is -0.126. The molecule has 0 fully saturated rings. The van der Waals surface area contributed by atoms with Gasteiger partial charge in [-0.3, -0.25) is 9.20 Å². The number of aromatic nitrogens is 4. The Hall–Kier alpha value is -2.70. The van der Waals surface area contributed by atoms with Gasteiger partial charge in [-0.1, -0.05) is 27.2 Å². The number of carbonyl (C=O) groups excluding carboxylic acids is 1. The van der Waals surface area contributed by atoms with Crippen molar-refractivity contribution in [1.29, 1.82) is 0 Å². The van der Waals surface area contributed by atoms with Crippen LogP contribution in [0.1, 0.15) is 57.8 Å². The highest BCUT2D eigenvalue weighted by molar-refractivity contribution is 5.85. The molecule has 7 nitrogen and oxygen atoms in total. The van der Waals surface area contributed by atoms with Crippen molar-refractivity contribution in [2.24, 2.45) is 5.41 Å². The first-order valence-corrected chi connectivity index (χ1v) is 10.2. The zero-order chi connectivity index (χ0) is 21.2. The third kappa shape index (κ3) is 4.49. The molecule has 29 heavy (non-hydrogen) atoms. The van der Waals surface area contributed by atoms with Gasteiger partial charge in [-0.25, -0.2) is 4.98 Å². The predicted octanol–water partition coefficient (Wildman–Crippen LogP) is 4.49. The Kier molecular flexibility index (Phi) is 6.05. The highest BCUT2D eigenvalue weighted by Gasteiger charge is 2.20. The number of benzene rings is 1. The number of aryl methyl sites for hydroxylation is 2. The molecule has 0 saturated heterocycles. The van der Waals surface area contributed by atoms with E-state index in [1.165, 1.54) is 0 Å². The van der Waals surface area contributed by atoms with Crippen molar-refractivity contribution in [3.63, 3.8) is 0 Å². The van der Waals surface area contributed by atoms with E-state index < -0.39 is 0 Å². The minimum Gasteiger partial charge on any atom is -0.496 e. The highest BCUT2D eigenvalue weighted by atomic mass is 16.5. The van der Waals surface area contributed by atoms with Crippen LogP contribution in [-0.4, -0.2) is 39.0 Å². The van der Waals surface area contributed by atoms with Gasteiger partial charge in [0.25, 0.3) is 0 Å². The Morgan fingerprint density at radius 3 is 2.59 bits per heavy atom. The molecular formula is C22H31N5O2. The third-order valence-corrected chi connectivity index (χ3v) is 5.21. The molecule has 0 amide bonds. The minimum atomic E-state index is -0.245. The standard InChI is InChI=1S/C22H31N5O2/c1-14-12-16-17(13-18(14)29-6)27-15(2)25-26-21(27)20(24-16)23-11-9-7-8-10-19(28)22(3,4)5/h12-13H,7-11H2,1-6H3,(H,23,24). The quantitative estimate of drug-likeness (QED) is 0.564. The summed E-state index contributed by atoms with van der Waals surface area (Å²) >= 11 is 0. The lowest BCUT2D eigenvalue weighted by Crippen LogP contribution is -2.19. The molecule has 7 heteroatoms. The van der Waals surface area contributed by atoms with Gasteiger partial charge in [-0.2, -0.15) is 0 Å². The van der Waals surface area contributed by atoms with Gasteiger partial charge in [0.2, 0.25) is 5.65 Å². The summed E-state index contributed by atoms with van der Waals surface area (Å²) in [6.07, 6.45) is 3.53. The number of methoxy groups -OCH3 is 1. The summed E-state index contributed by atoms with van der Waals surface area (Å²) in [5.74, 6) is 2.68. The maximum absolute atomic E-state index is 12.0. The summed E-state index contributed by atoms with van der Waals surface area (Å²) in [5.41, 5.74) is 3.30. The SMILES string of the molecule is COc1cc2c(cc1C)nc(NCCCCCC(=O)C(C)(C)C)c1nnc(C)n12. The van der Waals surface area contributed by atoms with Gasteiger partial charge in [-0.05, 0) is 38.3 Å². The molecule has 0 radical (unpaired) electrons. The maximum atomic E-state index is 12.0. The molecule has 3 aromatic rings. The average molecular weight is 398 g/mol. The van der Waals surface area contributed by atoms with E-state index in [1.54, 1.807) is 7.11 Å². The van der Waals surface area contributed by atoms with Crippen LogP contribution in [0.15, 0.2) is 12.1 Å². The Morgan fingerprint density at radius 1 is 1.14 bits per heavy atom. The minimum absolute atomic E-state index is 0.245. The van der Waals surface area contributed by atoms with Gasteiger partial charge in [0.15, 0.2) is 5.82 Å². The van der Waals surface area contributed by atoms with E-state index >= 15 is 0 Å². The van der Waals surface area contributed by atoms with E-state index in [2.05, 4.69) is 15.5 Å². The van der Waals surface area contributed by atoms with Crippen molar-refractivity contribution in [3.05, 3.63) is 23.5 Å². The number of carbonyl (C=O) groups is 1. The number of unbranched alkanes of at least 4 members (excludes halogenated alkanes) is 2. The molecule has 0 aliphatic rings. The molecule has 2 heterocycles. The van der Waals surface area contributed by atoms with E-state index in [0.29, 0.717) is 17.9 Å². The zero-order valence-electron chi connectivity index (χ0n) is 18.3. The average Bonchev–Trinajstić information content (AvgIpc) is 3.05. The smallest absolute Gasteiger partial charge is 0.204 e. The van der Waals surface area contributed by atoms with Crippen molar-refractivity contribution in [2.45, 2.75) is 60.3 Å². The topological polar surface area (TPSA) is 81.4 Å². The molecule has 0 aliphatic heterocycles. The van der Waals surface area contributed by atoms with E-state index in [9.17, 15) is 4.79 Å². The molecule has 0 bridgehead atoms. The fraction of sp³-hybridized carbons (Fsp3) is 0.545. The third-order valence-electron chi connectivity index (χ3n) is 5.21. The van der Waals surface area contributed by atoms with E-state index in [-0.39, 0.29) is 5.41 Å². The number of nitrogens with one attached hydrogen (secondary N) is 1. The lowest BCUT2D eigenvalue weighted by Gasteiger charge is -2.16. The second-order valence-corrected chi connectivity index (χ2v) is 8.59. The Balaban J connectivity index is 1.72. The summed E-state index contributed by atoms with van der Waals surface area (Å²) in [6, 6.07) is 4.01. The fourth-order valence-corrected chi connectivity index (χ4v) is 3.41. The molecule has 0 spiro atoms. The summed E-state index contributed by atoms with van der Waals surface area (Å²) in [5, 5.41) is 12.0. The molecular weight excluding hydrogens is 366 g/mol. The Bertz CT molecular complexity index is 1030. The number of hydrogen-bond donors (Lipinski definition) is 1. The van der Waals surface area contributed by atoms with Crippen molar-refractivity contribution in [1.82, 2.24) is 19.6 Å². The summed E-state index contributed by atoms with van der Waals surface area (Å²) in [6.45, 7) is 10.7. The van der Waals surface area contributed by atoms with Crippen molar-refractivity contribution in [2.75, 3.05) is 19.0 Å². The van der Waals surface area contributed by atoms with Gasteiger partial charge in [0.05, 0.1) is 18.1 Å². The fourth-order valence-electron chi connectivity index (χ4n) is 3.41. The van der Waals surface area contributed by atoms with Crippen LogP contribution in [0.25, 0.3) is 16.7 Å². The van der Waals surface area contributed by atoms with Gasteiger partial charge in [0, 0.05) is 24.4 Å². The zero-order valence-corrected chi connectivity index (χ0v) is 18.3. The number of Topliss-reactive ketones (excluding diaryl/α,β-unsaturated/α-hetero) is 1. The van der Waals surface area contributed by atoms with Crippen molar-refractivity contribution < 1.29 is 9.53 Å². The van der Waals surface area contributed by atoms with E-state index in [1.807, 2.05) is 51.2 Å². The molecule has 0 atom stereocenters. The number of rotatable bonds is 8.